The molecule has 0 radical (unpaired) electrons. The first-order valence-electron chi connectivity index (χ1n) is 4.72. The average molecular weight is 302 g/mol. The van der Waals surface area contributed by atoms with Crippen molar-refractivity contribution in [1.82, 2.24) is 4.90 Å². The first kappa shape index (κ1) is 13.0. The summed E-state index contributed by atoms with van der Waals surface area (Å²) in [6, 6.07) is 7.11. The molecule has 0 atom stereocenters. The normalized spacial score (nSPS) is 9.62. The fraction of sp³-hybridized carbons (Fsp3) is 0.273. The molecular weight excluding hydrogens is 291 g/mol. The van der Waals surface area contributed by atoms with Crippen LogP contribution < -0.4 is 0 Å². The highest BCUT2D eigenvalue weighted by Crippen LogP contribution is 2.26. The Hall–Kier alpha value is -1.05. The Balaban J connectivity index is 3.05. The maximum Gasteiger partial charge on any atom is 0.256 e. The summed E-state index contributed by atoms with van der Waals surface area (Å²) in [5, 5.41) is 8.98. The molecule has 0 heterocycles. The van der Waals surface area contributed by atoms with Crippen LogP contribution in [0.25, 0.3) is 0 Å². The Morgan fingerprint density at radius 3 is 2.88 bits per heavy atom. The summed E-state index contributed by atoms with van der Waals surface area (Å²) >= 11 is 9.27. The second-order valence-corrected chi connectivity index (χ2v) is 4.31. The van der Waals surface area contributed by atoms with Crippen LogP contribution in [0.2, 0.25) is 5.02 Å². The number of benzene rings is 1. The van der Waals surface area contributed by atoms with E-state index in [4.69, 9.17) is 16.9 Å². The lowest BCUT2D eigenvalue weighted by atomic mass is 10.2. The van der Waals surface area contributed by atoms with Crippen molar-refractivity contribution in [2.24, 2.45) is 0 Å². The van der Waals surface area contributed by atoms with Crippen LogP contribution in [0.1, 0.15) is 17.3 Å². The number of nitrogens with zero attached hydrogens (tertiary/aromatic N) is 2. The molecular formula is C11H10BrClN2O. The molecule has 0 aromatic heterocycles. The highest BCUT2D eigenvalue weighted by atomic mass is 79.9. The van der Waals surface area contributed by atoms with E-state index in [-0.39, 0.29) is 12.5 Å². The molecule has 16 heavy (non-hydrogen) atoms. The summed E-state index contributed by atoms with van der Waals surface area (Å²) in [5.74, 6) is -0.227. The lowest BCUT2D eigenvalue weighted by molar-refractivity contribution is 0.0784. The number of amides is 1. The molecule has 0 saturated heterocycles. The summed E-state index contributed by atoms with van der Waals surface area (Å²) < 4.78 is 0.674. The molecule has 0 N–H and O–H groups in total. The van der Waals surface area contributed by atoms with Gasteiger partial charge in [-0.15, -0.1) is 0 Å². The van der Waals surface area contributed by atoms with Crippen LogP contribution in [0.5, 0.6) is 0 Å². The van der Waals surface area contributed by atoms with E-state index >= 15 is 0 Å². The largest absolute Gasteiger partial charge is 0.326 e. The van der Waals surface area contributed by atoms with Gasteiger partial charge < -0.3 is 4.90 Å². The molecule has 0 aliphatic carbocycles. The number of nitriles is 1. The van der Waals surface area contributed by atoms with Gasteiger partial charge >= 0.3 is 0 Å². The van der Waals surface area contributed by atoms with Crippen LogP contribution in [0, 0.1) is 11.3 Å². The molecule has 0 aliphatic heterocycles. The van der Waals surface area contributed by atoms with Crippen molar-refractivity contribution >= 4 is 33.4 Å². The Labute approximate surface area is 108 Å². The van der Waals surface area contributed by atoms with E-state index in [0.717, 1.165) is 0 Å². The number of carbonyl (C=O) groups excluding carboxylic acids is 1. The molecule has 0 saturated carbocycles. The summed E-state index contributed by atoms with van der Waals surface area (Å²) in [4.78, 5) is 13.4. The van der Waals surface area contributed by atoms with Crippen molar-refractivity contribution in [3.63, 3.8) is 0 Å². The highest BCUT2D eigenvalue weighted by molar-refractivity contribution is 9.10. The van der Waals surface area contributed by atoms with Crippen molar-refractivity contribution in [3.8, 4) is 6.07 Å². The first-order valence-corrected chi connectivity index (χ1v) is 5.89. The van der Waals surface area contributed by atoms with Gasteiger partial charge in [-0.3, -0.25) is 4.79 Å². The van der Waals surface area contributed by atoms with Crippen molar-refractivity contribution in [1.29, 1.82) is 5.26 Å². The number of hydrogen-bond acceptors (Lipinski definition) is 2. The number of carbonyl (C=O) groups is 1. The van der Waals surface area contributed by atoms with Gasteiger partial charge in [-0.2, -0.15) is 5.26 Å². The van der Waals surface area contributed by atoms with E-state index in [1.54, 1.807) is 18.2 Å². The second-order valence-electron chi connectivity index (χ2n) is 3.08. The summed E-state index contributed by atoms with van der Waals surface area (Å²) in [6.07, 6.45) is 0. The Bertz CT molecular complexity index is 442. The van der Waals surface area contributed by atoms with Crippen LogP contribution in [-0.2, 0) is 0 Å². The predicted molar refractivity (Wildman–Crippen MR) is 66.3 cm³/mol. The molecule has 0 fully saturated rings. The molecule has 0 unspecified atom stereocenters. The topological polar surface area (TPSA) is 44.1 Å². The van der Waals surface area contributed by atoms with Gasteiger partial charge in [-0.1, -0.05) is 17.7 Å². The molecule has 3 nitrogen and oxygen atoms in total. The molecule has 1 aromatic carbocycles. The molecule has 0 aliphatic rings. The minimum Gasteiger partial charge on any atom is -0.326 e. The van der Waals surface area contributed by atoms with Crippen molar-refractivity contribution < 1.29 is 4.79 Å². The fourth-order valence-corrected chi connectivity index (χ4v) is 1.82. The Kier molecular flexibility index (Phi) is 4.78. The van der Waals surface area contributed by atoms with E-state index in [2.05, 4.69) is 15.9 Å². The number of rotatable bonds is 3. The summed E-state index contributed by atoms with van der Waals surface area (Å²) in [7, 11) is 0. The third-order valence-electron chi connectivity index (χ3n) is 2.11. The SMILES string of the molecule is CCN(CC#N)C(=O)c1cccc(Br)c1Cl. The molecule has 5 heteroatoms. The van der Waals surface area contributed by atoms with Crippen molar-refractivity contribution in [2.45, 2.75) is 6.92 Å². The predicted octanol–water partition coefficient (Wildman–Crippen LogP) is 3.09. The maximum absolute atomic E-state index is 12.0. The number of halogens is 2. The zero-order chi connectivity index (χ0) is 12.1. The zero-order valence-electron chi connectivity index (χ0n) is 8.70. The van der Waals surface area contributed by atoms with E-state index in [1.807, 2.05) is 13.0 Å². The van der Waals surface area contributed by atoms with Gasteiger partial charge in [0.15, 0.2) is 0 Å². The lowest BCUT2D eigenvalue weighted by Gasteiger charge is -2.18. The smallest absolute Gasteiger partial charge is 0.256 e. The Morgan fingerprint density at radius 2 is 2.31 bits per heavy atom. The van der Waals surface area contributed by atoms with E-state index in [9.17, 15) is 4.79 Å². The van der Waals surface area contributed by atoms with Crippen LogP contribution in [0.15, 0.2) is 22.7 Å². The Morgan fingerprint density at radius 1 is 1.62 bits per heavy atom. The molecule has 1 amide bonds. The molecule has 1 aromatic rings. The zero-order valence-corrected chi connectivity index (χ0v) is 11.0. The fourth-order valence-electron chi connectivity index (χ4n) is 1.25. The molecule has 84 valence electrons. The monoisotopic (exact) mass is 300 g/mol. The van der Waals surface area contributed by atoms with Crippen molar-refractivity contribution in [2.75, 3.05) is 13.1 Å². The van der Waals surface area contributed by atoms with E-state index in [1.165, 1.54) is 4.90 Å². The molecule has 0 spiro atoms. The molecule has 0 bridgehead atoms. The van der Waals surface area contributed by atoms with Gasteiger partial charge in [-0.25, -0.2) is 0 Å². The van der Waals surface area contributed by atoms with Gasteiger partial charge in [0, 0.05) is 11.0 Å². The number of hydrogen-bond donors (Lipinski definition) is 0. The van der Waals surface area contributed by atoms with E-state index < -0.39 is 0 Å². The lowest BCUT2D eigenvalue weighted by Crippen LogP contribution is -2.31. The first-order chi connectivity index (χ1) is 7.61. The maximum atomic E-state index is 12.0. The van der Waals surface area contributed by atoms with Gasteiger partial charge in [0.25, 0.3) is 5.91 Å². The minimum atomic E-state index is -0.227. The molecule has 1 rings (SSSR count). The summed E-state index contributed by atoms with van der Waals surface area (Å²) in [5.41, 5.74) is 0.410. The highest BCUT2D eigenvalue weighted by Gasteiger charge is 2.17. The minimum absolute atomic E-state index is 0.0676. The van der Waals surface area contributed by atoms with Gasteiger partial charge in [-0.05, 0) is 35.0 Å². The van der Waals surface area contributed by atoms with Crippen molar-refractivity contribution in [3.05, 3.63) is 33.3 Å². The third-order valence-corrected chi connectivity index (χ3v) is 3.41. The van der Waals surface area contributed by atoms with Gasteiger partial charge in [0.05, 0.1) is 16.7 Å². The average Bonchev–Trinajstić information content (AvgIpc) is 2.29. The standard InChI is InChI=1S/C11H10BrClN2O/c1-2-15(7-6-14)11(16)8-4-3-5-9(12)10(8)13/h3-5H,2,7H2,1H3. The van der Waals surface area contributed by atoms with E-state index in [0.29, 0.717) is 21.6 Å². The van der Waals surface area contributed by atoms with Crippen LogP contribution >= 0.6 is 27.5 Å². The quantitative estimate of drug-likeness (QED) is 0.805. The third kappa shape index (κ3) is 2.75. The van der Waals surface area contributed by atoms with Gasteiger partial charge in [0.2, 0.25) is 0 Å². The summed E-state index contributed by atoms with van der Waals surface area (Å²) in [6.45, 7) is 2.37. The van der Waals surface area contributed by atoms with Gasteiger partial charge in [0.1, 0.15) is 6.54 Å². The second kappa shape index (κ2) is 5.88. The van der Waals surface area contributed by atoms with Crippen LogP contribution in [-0.4, -0.2) is 23.9 Å². The van der Waals surface area contributed by atoms with Crippen LogP contribution in [0.4, 0.5) is 0 Å². The van der Waals surface area contributed by atoms with Crippen LogP contribution in [0.3, 0.4) is 0 Å².